The van der Waals surface area contributed by atoms with Crippen LogP contribution in [0.2, 0.25) is 0 Å². The summed E-state index contributed by atoms with van der Waals surface area (Å²) in [5.41, 5.74) is 7.07. The van der Waals surface area contributed by atoms with Gasteiger partial charge >= 0.3 is 0 Å². The third kappa shape index (κ3) is 3.02. The van der Waals surface area contributed by atoms with Crippen LogP contribution in [0.4, 0.5) is 5.69 Å². The van der Waals surface area contributed by atoms with E-state index in [0.29, 0.717) is 13.0 Å². The molecule has 2 rings (SSSR count). The molecule has 1 aromatic carbocycles. The third-order valence-electron chi connectivity index (χ3n) is 5.22. The number of hydrogen-bond acceptors (Lipinski definition) is 3. The summed E-state index contributed by atoms with van der Waals surface area (Å²) in [6, 6.07) is 7.91. The van der Waals surface area contributed by atoms with Crippen molar-refractivity contribution < 1.29 is 9.53 Å². The average molecular weight is 318 g/mol. The fourth-order valence-corrected chi connectivity index (χ4v) is 3.30. The first-order valence-corrected chi connectivity index (χ1v) is 8.35. The highest BCUT2D eigenvalue weighted by molar-refractivity contribution is 6.00. The lowest BCUT2D eigenvalue weighted by Gasteiger charge is -2.57. The number of carbonyl (C=O) groups is 1. The molecule has 0 spiro atoms. The van der Waals surface area contributed by atoms with Crippen LogP contribution in [0.25, 0.3) is 0 Å². The van der Waals surface area contributed by atoms with Crippen LogP contribution in [0.15, 0.2) is 24.3 Å². The number of ether oxygens (including phenoxy) is 1. The molecular formula is C19H30N2O2. The number of para-hydroxylation sites is 1. The molecule has 23 heavy (non-hydrogen) atoms. The average Bonchev–Trinajstić information content (AvgIpc) is 2.46. The topological polar surface area (TPSA) is 64.3 Å². The number of rotatable bonds is 4. The Bertz CT molecular complexity index is 589. The van der Waals surface area contributed by atoms with E-state index in [0.717, 1.165) is 11.3 Å². The molecule has 1 amide bonds. The van der Waals surface area contributed by atoms with Gasteiger partial charge in [-0.1, -0.05) is 52.8 Å². The van der Waals surface area contributed by atoms with Crippen molar-refractivity contribution in [2.75, 3.05) is 11.9 Å². The molecular weight excluding hydrogens is 288 g/mol. The second-order valence-corrected chi connectivity index (χ2v) is 8.09. The van der Waals surface area contributed by atoms with Gasteiger partial charge in [0.15, 0.2) is 0 Å². The van der Waals surface area contributed by atoms with Gasteiger partial charge in [0.1, 0.15) is 5.54 Å². The molecule has 0 aliphatic heterocycles. The monoisotopic (exact) mass is 318 g/mol. The minimum atomic E-state index is -0.905. The van der Waals surface area contributed by atoms with Crippen molar-refractivity contribution in [1.29, 1.82) is 0 Å². The fraction of sp³-hybridized carbons (Fsp3) is 0.632. The highest BCUT2D eigenvalue weighted by Gasteiger charge is 2.62. The van der Waals surface area contributed by atoms with Crippen molar-refractivity contribution in [1.82, 2.24) is 0 Å². The highest BCUT2D eigenvalue weighted by Crippen LogP contribution is 2.50. The summed E-state index contributed by atoms with van der Waals surface area (Å²) in [5.74, 6) is -0.129. The van der Waals surface area contributed by atoms with Crippen LogP contribution in [-0.2, 0) is 14.9 Å². The van der Waals surface area contributed by atoms with E-state index in [1.54, 1.807) is 0 Å². The van der Waals surface area contributed by atoms with E-state index >= 15 is 0 Å². The molecule has 4 heteroatoms. The lowest BCUT2D eigenvalue weighted by Crippen LogP contribution is -2.74. The SMILES string of the molecule is CCOC1CC(N)(C(=O)Nc2ccccc2C(C)(C)C)C1(C)C. The van der Waals surface area contributed by atoms with Gasteiger partial charge in [-0.3, -0.25) is 4.79 Å². The Labute approximate surface area is 139 Å². The molecule has 0 heterocycles. The maximum Gasteiger partial charge on any atom is 0.245 e. The summed E-state index contributed by atoms with van der Waals surface area (Å²) >= 11 is 0. The zero-order valence-corrected chi connectivity index (χ0v) is 15.2. The van der Waals surface area contributed by atoms with E-state index in [4.69, 9.17) is 10.5 Å². The zero-order chi connectivity index (χ0) is 17.5. The van der Waals surface area contributed by atoms with E-state index in [1.807, 2.05) is 45.0 Å². The first kappa shape index (κ1) is 18.0. The van der Waals surface area contributed by atoms with E-state index in [9.17, 15) is 4.79 Å². The summed E-state index contributed by atoms with van der Waals surface area (Å²) in [6.45, 7) is 13.0. The predicted molar refractivity (Wildman–Crippen MR) is 94.5 cm³/mol. The minimum absolute atomic E-state index is 0.0288. The zero-order valence-electron chi connectivity index (χ0n) is 15.2. The lowest BCUT2D eigenvalue weighted by atomic mass is 9.54. The lowest BCUT2D eigenvalue weighted by molar-refractivity contribution is -0.166. The van der Waals surface area contributed by atoms with Gasteiger partial charge < -0.3 is 15.8 Å². The first-order valence-electron chi connectivity index (χ1n) is 8.35. The number of nitrogens with one attached hydrogen (secondary N) is 1. The second kappa shape index (κ2) is 5.91. The molecule has 4 nitrogen and oxygen atoms in total. The number of carbonyl (C=O) groups excluding carboxylic acids is 1. The Morgan fingerprint density at radius 1 is 1.35 bits per heavy atom. The van der Waals surface area contributed by atoms with Crippen LogP contribution in [0.5, 0.6) is 0 Å². The van der Waals surface area contributed by atoms with E-state index in [1.165, 1.54) is 0 Å². The van der Waals surface area contributed by atoms with Gasteiger partial charge in [-0.05, 0) is 24.0 Å². The summed E-state index contributed by atoms with van der Waals surface area (Å²) < 4.78 is 5.71. The first-order chi connectivity index (χ1) is 10.5. The summed E-state index contributed by atoms with van der Waals surface area (Å²) in [5, 5.41) is 3.06. The quantitative estimate of drug-likeness (QED) is 0.893. The molecule has 1 aliphatic rings. The van der Waals surface area contributed by atoms with Crippen LogP contribution in [0, 0.1) is 5.41 Å². The molecule has 0 aromatic heterocycles. The van der Waals surface area contributed by atoms with Crippen LogP contribution in [0.1, 0.15) is 53.5 Å². The minimum Gasteiger partial charge on any atom is -0.378 e. The number of amides is 1. The van der Waals surface area contributed by atoms with Gasteiger partial charge in [-0.2, -0.15) is 0 Å². The van der Waals surface area contributed by atoms with Gasteiger partial charge in [-0.25, -0.2) is 0 Å². The molecule has 0 saturated heterocycles. The summed E-state index contributed by atoms with van der Waals surface area (Å²) in [4.78, 5) is 12.9. The Balaban J connectivity index is 2.21. The Morgan fingerprint density at radius 2 is 1.96 bits per heavy atom. The van der Waals surface area contributed by atoms with Crippen molar-refractivity contribution in [3.05, 3.63) is 29.8 Å². The predicted octanol–water partition coefficient (Wildman–Crippen LogP) is 3.46. The standard InChI is InChI=1S/C19H30N2O2/c1-7-23-15-12-19(20,18(15,5)6)16(22)21-14-11-9-8-10-13(14)17(2,3)4/h8-11,15H,7,12,20H2,1-6H3,(H,21,22). The van der Waals surface area contributed by atoms with Crippen LogP contribution in [0.3, 0.4) is 0 Å². The van der Waals surface area contributed by atoms with Gasteiger partial charge in [0.2, 0.25) is 5.91 Å². The van der Waals surface area contributed by atoms with Crippen molar-refractivity contribution in [2.45, 2.75) is 65.0 Å². The number of anilines is 1. The molecule has 128 valence electrons. The maximum absolute atomic E-state index is 12.9. The van der Waals surface area contributed by atoms with Crippen LogP contribution < -0.4 is 11.1 Å². The molecule has 2 unspecified atom stereocenters. The number of benzene rings is 1. The van der Waals surface area contributed by atoms with Crippen molar-refractivity contribution in [2.24, 2.45) is 11.1 Å². The maximum atomic E-state index is 12.9. The third-order valence-corrected chi connectivity index (χ3v) is 5.22. The molecule has 1 aromatic rings. The van der Waals surface area contributed by atoms with Crippen LogP contribution >= 0.6 is 0 Å². The van der Waals surface area contributed by atoms with E-state index in [-0.39, 0.29) is 22.8 Å². The van der Waals surface area contributed by atoms with Gasteiger partial charge in [-0.15, -0.1) is 0 Å². The Morgan fingerprint density at radius 3 is 2.48 bits per heavy atom. The molecule has 0 bridgehead atoms. The Hall–Kier alpha value is -1.39. The summed E-state index contributed by atoms with van der Waals surface area (Å²) in [7, 11) is 0. The molecule has 2 atom stereocenters. The number of nitrogens with two attached hydrogens (primary N) is 1. The molecule has 3 N–H and O–H groups in total. The normalized spacial score (nSPS) is 26.5. The fourth-order valence-electron chi connectivity index (χ4n) is 3.30. The Kier molecular flexibility index (Phi) is 4.62. The van der Waals surface area contributed by atoms with Gasteiger partial charge in [0, 0.05) is 24.1 Å². The van der Waals surface area contributed by atoms with Crippen molar-refractivity contribution in [3.63, 3.8) is 0 Å². The molecule has 1 aliphatic carbocycles. The van der Waals surface area contributed by atoms with E-state index < -0.39 is 5.54 Å². The largest absolute Gasteiger partial charge is 0.378 e. The number of hydrogen-bond donors (Lipinski definition) is 2. The van der Waals surface area contributed by atoms with Crippen LogP contribution in [-0.4, -0.2) is 24.2 Å². The molecule has 0 radical (unpaired) electrons. The van der Waals surface area contributed by atoms with Gasteiger partial charge in [0.05, 0.1) is 6.10 Å². The smallest absolute Gasteiger partial charge is 0.245 e. The van der Waals surface area contributed by atoms with Crippen molar-refractivity contribution >= 4 is 11.6 Å². The second-order valence-electron chi connectivity index (χ2n) is 8.09. The molecule has 1 saturated carbocycles. The summed E-state index contributed by atoms with van der Waals surface area (Å²) in [6.07, 6.45) is 0.582. The van der Waals surface area contributed by atoms with E-state index in [2.05, 4.69) is 26.1 Å². The van der Waals surface area contributed by atoms with Gasteiger partial charge in [0.25, 0.3) is 0 Å². The highest BCUT2D eigenvalue weighted by atomic mass is 16.5. The molecule has 1 fully saturated rings. The van der Waals surface area contributed by atoms with Crippen molar-refractivity contribution in [3.8, 4) is 0 Å².